The Kier molecular flexibility index (Phi) is 1.62. The fourth-order valence-corrected chi connectivity index (χ4v) is 1.57. The van der Waals surface area contributed by atoms with Crippen LogP contribution in [-0.4, -0.2) is 17.4 Å². The number of nitrogens with one attached hydrogen (secondary N) is 1. The summed E-state index contributed by atoms with van der Waals surface area (Å²) < 4.78 is 0. The predicted molar refractivity (Wildman–Crippen MR) is 46.6 cm³/mol. The van der Waals surface area contributed by atoms with E-state index in [1.54, 1.807) is 0 Å². The van der Waals surface area contributed by atoms with Gasteiger partial charge >= 0.3 is 0 Å². The molecule has 2 aliphatic carbocycles. The highest BCUT2D eigenvalue weighted by molar-refractivity contribution is 5.94. The SMILES string of the molecule is C[C@@H]1C[C@H]1C(=O)NC1(C(N)=O)CC1. The van der Waals surface area contributed by atoms with Crippen LogP contribution in [0.4, 0.5) is 0 Å². The molecule has 72 valence electrons. The molecule has 0 aromatic heterocycles. The van der Waals surface area contributed by atoms with Gasteiger partial charge in [-0.2, -0.15) is 0 Å². The molecule has 0 aliphatic heterocycles. The summed E-state index contributed by atoms with van der Waals surface area (Å²) in [6, 6.07) is 0. The number of rotatable bonds is 3. The minimum Gasteiger partial charge on any atom is -0.368 e. The fraction of sp³-hybridized carbons (Fsp3) is 0.778. The van der Waals surface area contributed by atoms with Gasteiger partial charge in [-0.1, -0.05) is 6.92 Å². The summed E-state index contributed by atoms with van der Waals surface area (Å²) in [5, 5.41) is 2.75. The molecule has 0 saturated heterocycles. The zero-order valence-electron chi connectivity index (χ0n) is 7.67. The van der Waals surface area contributed by atoms with Crippen LogP contribution in [0.3, 0.4) is 0 Å². The second-order valence-corrected chi connectivity index (χ2v) is 4.26. The second-order valence-electron chi connectivity index (χ2n) is 4.26. The summed E-state index contributed by atoms with van der Waals surface area (Å²) >= 11 is 0. The lowest BCUT2D eigenvalue weighted by Gasteiger charge is -2.12. The van der Waals surface area contributed by atoms with Crippen LogP contribution in [-0.2, 0) is 9.59 Å². The molecule has 4 nitrogen and oxygen atoms in total. The van der Waals surface area contributed by atoms with Crippen molar-refractivity contribution in [3.63, 3.8) is 0 Å². The summed E-state index contributed by atoms with van der Waals surface area (Å²) in [5.74, 6) is 0.207. The first kappa shape index (κ1) is 8.53. The molecule has 0 spiro atoms. The third kappa shape index (κ3) is 1.41. The Morgan fingerprint density at radius 3 is 2.31 bits per heavy atom. The monoisotopic (exact) mass is 182 g/mol. The van der Waals surface area contributed by atoms with E-state index in [-0.39, 0.29) is 11.8 Å². The van der Waals surface area contributed by atoms with Crippen molar-refractivity contribution in [3.8, 4) is 0 Å². The topological polar surface area (TPSA) is 72.2 Å². The Labute approximate surface area is 76.9 Å². The van der Waals surface area contributed by atoms with Crippen LogP contribution in [0.15, 0.2) is 0 Å². The van der Waals surface area contributed by atoms with Crippen LogP contribution in [0.5, 0.6) is 0 Å². The van der Waals surface area contributed by atoms with Gasteiger partial charge in [0.1, 0.15) is 5.54 Å². The van der Waals surface area contributed by atoms with Crippen molar-refractivity contribution in [2.45, 2.75) is 31.7 Å². The largest absolute Gasteiger partial charge is 0.368 e. The number of carbonyl (C=O) groups is 2. The lowest BCUT2D eigenvalue weighted by Crippen LogP contribution is -2.47. The molecule has 4 heteroatoms. The van der Waals surface area contributed by atoms with Gasteiger partial charge < -0.3 is 11.1 Å². The summed E-state index contributed by atoms with van der Waals surface area (Å²) in [4.78, 5) is 22.4. The van der Waals surface area contributed by atoms with E-state index in [9.17, 15) is 9.59 Å². The van der Waals surface area contributed by atoms with Crippen molar-refractivity contribution in [2.24, 2.45) is 17.6 Å². The molecule has 2 aliphatic rings. The smallest absolute Gasteiger partial charge is 0.243 e. The standard InChI is InChI=1S/C9H14N2O2/c1-5-4-6(5)7(12)11-9(2-3-9)8(10)13/h5-6H,2-4H2,1H3,(H2,10,13)(H,11,12)/t5-,6-/m1/s1. The molecule has 0 aromatic rings. The summed E-state index contributed by atoms with van der Waals surface area (Å²) in [7, 11) is 0. The minimum absolute atomic E-state index is 0.00352. The van der Waals surface area contributed by atoms with E-state index in [0.717, 1.165) is 6.42 Å². The van der Waals surface area contributed by atoms with E-state index in [4.69, 9.17) is 5.73 Å². The summed E-state index contributed by atoms with van der Waals surface area (Å²) in [6.07, 6.45) is 2.35. The molecular formula is C9H14N2O2. The zero-order chi connectivity index (χ0) is 9.64. The van der Waals surface area contributed by atoms with E-state index in [2.05, 4.69) is 5.32 Å². The third-order valence-electron chi connectivity index (χ3n) is 3.03. The van der Waals surface area contributed by atoms with Crippen molar-refractivity contribution in [1.82, 2.24) is 5.32 Å². The summed E-state index contributed by atoms with van der Waals surface area (Å²) in [6.45, 7) is 2.04. The van der Waals surface area contributed by atoms with Gasteiger partial charge in [0.2, 0.25) is 11.8 Å². The molecule has 13 heavy (non-hydrogen) atoms. The molecule has 0 heterocycles. The maximum Gasteiger partial charge on any atom is 0.243 e. The quantitative estimate of drug-likeness (QED) is 0.633. The zero-order valence-corrected chi connectivity index (χ0v) is 7.67. The molecule has 0 unspecified atom stereocenters. The van der Waals surface area contributed by atoms with Gasteiger partial charge in [0, 0.05) is 5.92 Å². The van der Waals surface area contributed by atoms with Crippen LogP contribution in [0.1, 0.15) is 26.2 Å². The molecule has 0 aromatic carbocycles. The second kappa shape index (κ2) is 2.47. The van der Waals surface area contributed by atoms with Crippen molar-refractivity contribution >= 4 is 11.8 Å². The Morgan fingerprint density at radius 1 is 1.46 bits per heavy atom. The Morgan fingerprint density at radius 2 is 2.00 bits per heavy atom. The van der Waals surface area contributed by atoms with Gasteiger partial charge in [0.25, 0.3) is 0 Å². The summed E-state index contributed by atoms with van der Waals surface area (Å²) in [5.41, 5.74) is 4.50. The average molecular weight is 182 g/mol. The van der Waals surface area contributed by atoms with E-state index in [0.29, 0.717) is 18.8 Å². The normalized spacial score (nSPS) is 33.6. The van der Waals surface area contributed by atoms with Gasteiger partial charge in [0.05, 0.1) is 0 Å². The number of nitrogens with two attached hydrogens (primary N) is 1. The highest BCUT2D eigenvalue weighted by atomic mass is 16.2. The first-order valence-corrected chi connectivity index (χ1v) is 4.67. The number of carbonyl (C=O) groups excluding carboxylic acids is 2. The third-order valence-corrected chi connectivity index (χ3v) is 3.03. The molecule has 2 rings (SSSR count). The molecule has 0 bridgehead atoms. The molecule has 2 fully saturated rings. The Hall–Kier alpha value is -1.06. The van der Waals surface area contributed by atoms with E-state index in [1.807, 2.05) is 6.92 Å². The van der Waals surface area contributed by atoms with Crippen molar-refractivity contribution in [3.05, 3.63) is 0 Å². The lowest BCUT2D eigenvalue weighted by atomic mass is 10.2. The maximum absolute atomic E-state index is 11.5. The fourth-order valence-electron chi connectivity index (χ4n) is 1.57. The Balaban J connectivity index is 1.91. The predicted octanol–water partition coefficient (Wildman–Crippen LogP) is -0.224. The number of hydrogen-bond donors (Lipinski definition) is 2. The molecule has 3 N–H and O–H groups in total. The van der Waals surface area contributed by atoms with Crippen LogP contribution in [0.25, 0.3) is 0 Å². The van der Waals surface area contributed by atoms with Gasteiger partial charge in [-0.15, -0.1) is 0 Å². The molecule has 2 amide bonds. The first-order valence-electron chi connectivity index (χ1n) is 4.67. The molecular weight excluding hydrogens is 168 g/mol. The number of amides is 2. The minimum atomic E-state index is -0.681. The van der Waals surface area contributed by atoms with Crippen molar-refractivity contribution in [2.75, 3.05) is 0 Å². The van der Waals surface area contributed by atoms with E-state index >= 15 is 0 Å². The molecule has 2 atom stereocenters. The van der Waals surface area contributed by atoms with E-state index in [1.165, 1.54) is 0 Å². The van der Waals surface area contributed by atoms with E-state index < -0.39 is 11.4 Å². The number of hydrogen-bond acceptors (Lipinski definition) is 2. The van der Waals surface area contributed by atoms with Crippen LogP contribution in [0, 0.1) is 11.8 Å². The van der Waals surface area contributed by atoms with Gasteiger partial charge in [-0.05, 0) is 25.2 Å². The molecule has 0 radical (unpaired) electrons. The molecule has 2 saturated carbocycles. The van der Waals surface area contributed by atoms with Gasteiger partial charge in [-0.25, -0.2) is 0 Å². The Bertz CT molecular complexity index is 271. The van der Waals surface area contributed by atoms with Crippen LogP contribution >= 0.6 is 0 Å². The average Bonchev–Trinajstić information content (AvgIpc) is 2.87. The van der Waals surface area contributed by atoms with Gasteiger partial charge in [-0.3, -0.25) is 9.59 Å². The maximum atomic E-state index is 11.5. The van der Waals surface area contributed by atoms with Crippen molar-refractivity contribution in [1.29, 1.82) is 0 Å². The van der Waals surface area contributed by atoms with Gasteiger partial charge in [0.15, 0.2) is 0 Å². The lowest BCUT2D eigenvalue weighted by molar-refractivity contribution is -0.129. The van der Waals surface area contributed by atoms with Crippen LogP contribution in [0.2, 0.25) is 0 Å². The number of primary amides is 1. The highest BCUT2D eigenvalue weighted by Gasteiger charge is 2.52. The van der Waals surface area contributed by atoms with Crippen molar-refractivity contribution < 1.29 is 9.59 Å². The highest BCUT2D eigenvalue weighted by Crippen LogP contribution is 2.41. The van der Waals surface area contributed by atoms with Crippen LogP contribution < -0.4 is 11.1 Å². The first-order chi connectivity index (χ1) is 6.05.